The van der Waals surface area contributed by atoms with Crippen molar-refractivity contribution in [2.45, 2.75) is 24.8 Å². The molecule has 6 heteroatoms. The summed E-state index contributed by atoms with van der Waals surface area (Å²) in [5.74, 6) is 0. The van der Waals surface area contributed by atoms with Crippen LogP contribution in [-0.2, 0) is 10.0 Å². The van der Waals surface area contributed by atoms with Crippen LogP contribution in [0, 0.1) is 0 Å². The molecule has 1 aromatic carbocycles. The molecule has 98 valence electrons. The number of aromatic nitrogens is 1. The van der Waals surface area contributed by atoms with Crippen LogP contribution in [0.15, 0.2) is 29.3 Å². The second-order valence-corrected chi connectivity index (χ2v) is 6.54. The first-order chi connectivity index (χ1) is 8.34. The molecular weight excluding hydrogens is 250 g/mol. The fraction of sp³-hybridized carbons (Fsp3) is 0.333. The van der Waals surface area contributed by atoms with Gasteiger partial charge in [-0.2, -0.15) is 4.31 Å². The molecule has 18 heavy (non-hydrogen) atoms. The van der Waals surface area contributed by atoms with Gasteiger partial charge in [0.25, 0.3) is 0 Å². The molecule has 0 aliphatic rings. The number of nitrogens with zero attached hydrogens (tertiary/aromatic N) is 1. The summed E-state index contributed by atoms with van der Waals surface area (Å²) in [6.07, 6.45) is 1.51. The zero-order valence-electron chi connectivity index (χ0n) is 10.6. The summed E-state index contributed by atoms with van der Waals surface area (Å²) in [5.41, 5.74) is 7.02. The minimum atomic E-state index is -3.49. The minimum Gasteiger partial charge on any atom is -0.399 e. The number of rotatable bonds is 3. The van der Waals surface area contributed by atoms with E-state index in [9.17, 15) is 8.42 Å². The number of nitrogens with one attached hydrogen (secondary N) is 1. The van der Waals surface area contributed by atoms with Crippen LogP contribution in [0.4, 0.5) is 5.69 Å². The van der Waals surface area contributed by atoms with Crippen LogP contribution >= 0.6 is 0 Å². The van der Waals surface area contributed by atoms with Gasteiger partial charge in [-0.25, -0.2) is 8.42 Å². The highest BCUT2D eigenvalue weighted by atomic mass is 32.2. The van der Waals surface area contributed by atoms with E-state index in [0.717, 1.165) is 5.52 Å². The van der Waals surface area contributed by atoms with Crippen molar-refractivity contribution in [2.24, 2.45) is 0 Å². The Morgan fingerprint density at radius 2 is 2.00 bits per heavy atom. The fourth-order valence-corrected chi connectivity index (χ4v) is 3.28. The number of anilines is 1. The van der Waals surface area contributed by atoms with Gasteiger partial charge in [0.05, 0.1) is 0 Å². The molecule has 2 aromatic rings. The highest BCUT2D eigenvalue weighted by molar-refractivity contribution is 7.89. The quantitative estimate of drug-likeness (QED) is 0.832. The van der Waals surface area contributed by atoms with Crippen LogP contribution in [0.25, 0.3) is 10.9 Å². The molecule has 0 aliphatic carbocycles. The van der Waals surface area contributed by atoms with E-state index < -0.39 is 10.0 Å². The van der Waals surface area contributed by atoms with Crippen molar-refractivity contribution < 1.29 is 8.42 Å². The third-order valence-electron chi connectivity index (χ3n) is 3.05. The molecule has 0 spiro atoms. The summed E-state index contributed by atoms with van der Waals surface area (Å²) in [5, 5.41) is 0.627. The number of H-pyrrole nitrogens is 1. The molecule has 3 N–H and O–H groups in total. The van der Waals surface area contributed by atoms with Crippen LogP contribution in [-0.4, -0.2) is 30.8 Å². The maximum absolute atomic E-state index is 12.4. The molecule has 0 aliphatic heterocycles. The van der Waals surface area contributed by atoms with E-state index in [1.165, 1.54) is 10.5 Å². The number of hydrogen-bond donors (Lipinski definition) is 2. The molecule has 1 heterocycles. The topological polar surface area (TPSA) is 79.2 Å². The van der Waals surface area contributed by atoms with Crippen molar-refractivity contribution in [1.29, 1.82) is 0 Å². The standard InChI is InChI=1S/C12H17N3O2S/c1-8(2)15(3)18(16,17)12-7-14-11-5-4-9(13)6-10(11)12/h4-8,14H,13H2,1-3H3. The molecule has 0 bridgehead atoms. The minimum absolute atomic E-state index is 0.0963. The maximum Gasteiger partial charge on any atom is 0.245 e. The Hall–Kier alpha value is -1.53. The van der Waals surface area contributed by atoms with Gasteiger partial charge in [-0.1, -0.05) is 0 Å². The van der Waals surface area contributed by atoms with Gasteiger partial charge in [0, 0.05) is 35.9 Å². The number of sulfonamides is 1. The molecule has 0 atom stereocenters. The third-order valence-corrected chi connectivity index (χ3v) is 5.13. The Bertz CT molecular complexity index is 674. The van der Waals surface area contributed by atoms with E-state index in [4.69, 9.17) is 5.73 Å². The van der Waals surface area contributed by atoms with Crippen molar-refractivity contribution in [3.8, 4) is 0 Å². The third kappa shape index (κ3) is 1.97. The molecule has 0 radical (unpaired) electrons. The Morgan fingerprint density at radius 3 is 2.61 bits per heavy atom. The summed E-state index contributed by atoms with van der Waals surface area (Å²) < 4.78 is 26.2. The van der Waals surface area contributed by atoms with Crippen LogP contribution in [0.5, 0.6) is 0 Å². The predicted octanol–water partition coefficient (Wildman–Crippen LogP) is 1.78. The van der Waals surface area contributed by atoms with E-state index in [2.05, 4.69) is 4.98 Å². The lowest BCUT2D eigenvalue weighted by atomic mass is 10.2. The van der Waals surface area contributed by atoms with Gasteiger partial charge >= 0.3 is 0 Å². The zero-order valence-corrected chi connectivity index (χ0v) is 11.5. The molecule has 5 nitrogen and oxygen atoms in total. The number of nitrogens with two attached hydrogens (primary N) is 1. The Kier molecular flexibility index (Phi) is 3.08. The Labute approximate surface area is 107 Å². The Morgan fingerprint density at radius 1 is 1.33 bits per heavy atom. The lowest BCUT2D eigenvalue weighted by Crippen LogP contribution is -2.32. The number of hydrogen-bond acceptors (Lipinski definition) is 3. The number of aromatic amines is 1. The molecule has 0 saturated heterocycles. The smallest absolute Gasteiger partial charge is 0.245 e. The average molecular weight is 267 g/mol. The van der Waals surface area contributed by atoms with Crippen molar-refractivity contribution in [3.05, 3.63) is 24.4 Å². The normalized spacial score (nSPS) is 12.7. The number of fused-ring (bicyclic) bond motifs is 1. The van der Waals surface area contributed by atoms with Crippen LogP contribution in [0.3, 0.4) is 0 Å². The number of benzene rings is 1. The van der Waals surface area contributed by atoms with Crippen LogP contribution in [0.1, 0.15) is 13.8 Å². The largest absolute Gasteiger partial charge is 0.399 e. The lowest BCUT2D eigenvalue weighted by Gasteiger charge is -2.20. The van der Waals surface area contributed by atoms with Crippen molar-refractivity contribution in [3.63, 3.8) is 0 Å². The van der Waals surface area contributed by atoms with Gasteiger partial charge in [0.1, 0.15) is 4.90 Å². The van der Waals surface area contributed by atoms with Gasteiger partial charge in [0.2, 0.25) is 10.0 Å². The summed E-state index contributed by atoms with van der Waals surface area (Å²) in [6, 6.07) is 5.09. The summed E-state index contributed by atoms with van der Waals surface area (Å²) >= 11 is 0. The van der Waals surface area contributed by atoms with Crippen molar-refractivity contribution >= 4 is 26.6 Å². The predicted molar refractivity (Wildman–Crippen MR) is 72.8 cm³/mol. The zero-order chi connectivity index (χ0) is 13.5. The van der Waals surface area contributed by atoms with E-state index in [1.807, 2.05) is 13.8 Å². The number of nitrogen functional groups attached to an aromatic ring is 1. The summed E-state index contributed by atoms with van der Waals surface area (Å²) in [7, 11) is -1.92. The molecule has 0 fully saturated rings. The second kappa shape index (κ2) is 4.29. The van der Waals surface area contributed by atoms with E-state index in [0.29, 0.717) is 11.1 Å². The molecule has 0 unspecified atom stereocenters. The van der Waals surface area contributed by atoms with Crippen molar-refractivity contribution in [2.75, 3.05) is 12.8 Å². The van der Waals surface area contributed by atoms with Gasteiger partial charge in [-0.15, -0.1) is 0 Å². The van der Waals surface area contributed by atoms with Gasteiger partial charge in [-0.05, 0) is 32.0 Å². The molecule has 2 rings (SSSR count). The van der Waals surface area contributed by atoms with Crippen LogP contribution < -0.4 is 5.73 Å². The monoisotopic (exact) mass is 267 g/mol. The fourth-order valence-electron chi connectivity index (χ4n) is 1.76. The maximum atomic E-state index is 12.4. The highest BCUT2D eigenvalue weighted by Crippen LogP contribution is 2.27. The van der Waals surface area contributed by atoms with E-state index >= 15 is 0 Å². The average Bonchev–Trinajstić information content (AvgIpc) is 2.71. The van der Waals surface area contributed by atoms with Crippen LogP contribution in [0.2, 0.25) is 0 Å². The lowest BCUT2D eigenvalue weighted by molar-refractivity contribution is 0.411. The van der Waals surface area contributed by atoms with Gasteiger partial charge in [-0.3, -0.25) is 0 Å². The first kappa shape index (κ1) is 12.9. The summed E-state index contributed by atoms with van der Waals surface area (Å²) in [6.45, 7) is 3.67. The highest BCUT2D eigenvalue weighted by Gasteiger charge is 2.26. The second-order valence-electron chi connectivity index (χ2n) is 4.57. The molecular formula is C12H17N3O2S. The van der Waals surface area contributed by atoms with E-state index in [-0.39, 0.29) is 10.9 Å². The first-order valence-corrected chi connectivity index (χ1v) is 7.12. The van der Waals surface area contributed by atoms with Crippen molar-refractivity contribution in [1.82, 2.24) is 9.29 Å². The first-order valence-electron chi connectivity index (χ1n) is 5.68. The molecule has 0 amide bonds. The van der Waals surface area contributed by atoms with Gasteiger partial charge in [0.15, 0.2) is 0 Å². The molecule has 1 aromatic heterocycles. The molecule has 0 saturated carbocycles. The van der Waals surface area contributed by atoms with Gasteiger partial charge < -0.3 is 10.7 Å². The van der Waals surface area contributed by atoms with E-state index in [1.54, 1.807) is 25.2 Å². The Balaban J connectivity index is 2.65. The SMILES string of the molecule is CC(C)N(C)S(=O)(=O)c1c[nH]c2ccc(N)cc12. The summed E-state index contributed by atoms with van der Waals surface area (Å²) in [4.78, 5) is 3.22.